The van der Waals surface area contributed by atoms with Crippen LogP contribution < -0.4 is 16.0 Å². The maximum absolute atomic E-state index is 13.6. The molecule has 1 aliphatic carbocycles. The number of nitrogens with one attached hydrogen (secondary N) is 3. The molecule has 4 atom stereocenters. The van der Waals surface area contributed by atoms with Crippen molar-refractivity contribution in [2.45, 2.75) is 60.0 Å². The van der Waals surface area contributed by atoms with Crippen LogP contribution in [0.1, 0.15) is 41.9 Å². The van der Waals surface area contributed by atoms with Crippen molar-refractivity contribution in [3.8, 4) is 0 Å². The Morgan fingerprint density at radius 3 is 2.43 bits per heavy atom. The lowest BCUT2D eigenvalue weighted by molar-refractivity contribution is -0.123. The Balaban J connectivity index is 1.17. The summed E-state index contributed by atoms with van der Waals surface area (Å²) < 4.78 is 11.5. The lowest BCUT2D eigenvalue weighted by atomic mass is 9.84. The second-order valence-corrected chi connectivity index (χ2v) is 12.7. The van der Waals surface area contributed by atoms with E-state index in [0.717, 1.165) is 48.5 Å². The van der Waals surface area contributed by atoms with Gasteiger partial charge in [-0.2, -0.15) is 0 Å². The predicted molar refractivity (Wildman–Crippen MR) is 167 cm³/mol. The first kappa shape index (κ1) is 30.4. The number of ether oxygens (including phenoxy) is 2. The summed E-state index contributed by atoms with van der Waals surface area (Å²) in [4.78, 5) is 27.1. The number of thioether (sulfide) groups is 1. The Labute approximate surface area is 257 Å². The highest BCUT2D eigenvalue weighted by Gasteiger charge is 2.58. The molecule has 2 fully saturated rings. The van der Waals surface area contributed by atoms with Crippen molar-refractivity contribution in [3.05, 3.63) is 101 Å². The van der Waals surface area contributed by atoms with E-state index in [-0.39, 0.29) is 23.5 Å². The molecule has 222 valence electrons. The first-order valence-corrected chi connectivity index (χ1v) is 15.7. The fourth-order valence-electron chi connectivity index (χ4n) is 5.67. The van der Waals surface area contributed by atoms with Gasteiger partial charge in [-0.05, 0) is 61.1 Å². The molecule has 7 nitrogen and oxygen atoms in total. The maximum atomic E-state index is 13.6. The molecule has 2 aliphatic rings. The molecule has 0 radical (unpaired) electrons. The van der Waals surface area contributed by atoms with E-state index in [0.29, 0.717) is 11.8 Å². The Morgan fingerprint density at radius 2 is 1.79 bits per heavy atom. The minimum Gasteiger partial charge on any atom is -0.453 e. The molecule has 5 rings (SSSR count). The summed E-state index contributed by atoms with van der Waals surface area (Å²) in [5.41, 5.74) is 2.90. The third-order valence-electron chi connectivity index (χ3n) is 7.96. The number of alkyl carbamates (subject to hydrolysis) is 1. The Kier molecular flexibility index (Phi) is 10.1. The molecule has 0 aromatic heterocycles. The van der Waals surface area contributed by atoms with E-state index in [1.165, 1.54) is 17.6 Å². The molecule has 1 saturated heterocycles. The lowest BCUT2D eigenvalue weighted by Gasteiger charge is -2.32. The summed E-state index contributed by atoms with van der Waals surface area (Å²) >= 11 is 8.00. The molecule has 2 unspecified atom stereocenters. The highest BCUT2D eigenvalue weighted by atomic mass is 35.5. The summed E-state index contributed by atoms with van der Waals surface area (Å²) in [5, 5.41) is 10.6. The number of aryl methyl sites for hydroxylation is 1. The molecule has 0 bridgehead atoms. The van der Waals surface area contributed by atoms with Crippen LogP contribution in [0.25, 0.3) is 0 Å². The summed E-state index contributed by atoms with van der Waals surface area (Å²) in [6, 6.07) is 24.7. The van der Waals surface area contributed by atoms with Gasteiger partial charge in [0.25, 0.3) is 0 Å². The fraction of sp³-hybridized carbons (Fsp3) is 0.394. The number of benzene rings is 3. The molecule has 1 spiro atoms. The maximum Gasteiger partial charge on any atom is 0.407 e. The van der Waals surface area contributed by atoms with Crippen LogP contribution in [-0.4, -0.2) is 61.7 Å². The monoisotopic (exact) mass is 607 g/mol. The van der Waals surface area contributed by atoms with Crippen molar-refractivity contribution >= 4 is 35.4 Å². The van der Waals surface area contributed by atoms with Gasteiger partial charge in [-0.1, -0.05) is 72.3 Å². The average molecular weight is 608 g/mol. The van der Waals surface area contributed by atoms with E-state index < -0.39 is 12.1 Å². The zero-order chi connectivity index (χ0) is 29.5. The number of amides is 2. The third-order valence-corrected chi connectivity index (χ3v) is 9.78. The van der Waals surface area contributed by atoms with E-state index in [1.54, 1.807) is 0 Å². The van der Waals surface area contributed by atoms with Gasteiger partial charge in [0.15, 0.2) is 0 Å². The Morgan fingerprint density at radius 1 is 1.10 bits per heavy atom. The second-order valence-electron chi connectivity index (χ2n) is 11.0. The molecular formula is C33H38ClN3O4S. The molecule has 1 saturated carbocycles. The average Bonchev–Trinajstić information content (AvgIpc) is 3.66. The molecule has 2 amide bonds. The van der Waals surface area contributed by atoms with Crippen LogP contribution in [0.5, 0.6) is 0 Å². The normalized spacial score (nSPS) is 22.0. The van der Waals surface area contributed by atoms with Crippen molar-refractivity contribution in [2.75, 3.05) is 26.7 Å². The van der Waals surface area contributed by atoms with Gasteiger partial charge in [-0.15, -0.1) is 11.8 Å². The number of carbonyl (C=O) groups excluding carboxylic acids is 2. The summed E-state index contributed by atoms with van der Waals surface area (Å²) in [7, 11) is 1.30. The van der Waals surface area contributed by atoms with Crippen molar-refractivity contribution in [1.82, 2.24) is 16.0 Å². The number of morpholine rings is 1. The van der Waals surface area contributed by atoms with Gasteiger partial charge >= 0.3 is 6.09 Å². The van der Waals surface area contributed by atoms with Gasteiger partial charge in [-0.25, -0.2) is 4.79 Å². The van der Waals surface area contributed by atoms with Gasteiger partial charge < -0.3 is 25.4 Å². The van der Waals surface area contributed by atoms with Gasteiger partial charge in [0.1, 0.15) is 6.04 Å². The molecule has 3 aromatic rings. The summed E-state index contributed by atoms with van der Waals surface area (Å²) in [5.74, 6) is -0.639. The topological polar surface area (TPSA) is 88.7 Å². The van der Waals surface area contributed by atoms with Crippen LogP contribution in [0.4, 0.5) is 4.79 Å². The summed E-state index contributed by atoms with van der Waals surface area (Å²) in [6.07, 6.45) is 2.03. The first-order chi connectivity index (χ1) is 20.4. The number of carbonyl (C=O) groups is 2. The van der Waals surface area contributed by atoms with Gasteiger partial charge in [0.05, 0.1) is 18.8 Å². The van der Waals surface area contributed by atoms with Crippen LogP contribution in [-0.2, 0) is 14.3 Å². The highest BCUT2D eigenvalue weighted by molar-refractivity contribution is 8.00. The number of halogens is 1. The first-order valence-electron chi connectivity index (χ1n) is 14.4. The molecule has 1 aliphatic heterocycles. The third kappa shape index (κ3) is 7.48. The molecule has 3 aromatic carbocycles. The van der Waals surface area contributed by atoms with Crippen LogP contribution in [0.3, 0.4) is 0 Å². The zero-order valence-electron chi connectivity index (χ0n) is 24.0. The Hall–Kier alpha value is -3.04. The molecule has 1 heterocycles. The fourth-order valence-corrected chi connectivity index (χ4v) is 7.31. The predicted octanol–water partition coefficient (Wildman–Crippen LogP) is 5.69. The van der Waals surface area contributed by atoms with E-state index in [2.05, 4.69) is 28.9 Å². The van der Waals surface area contributed by atoms with Crippen LogP contribution in [0.2, 0.25) is 5.02 Å². The smallest absolute Gasteiger partial charge is 0.407 e. The minimum absolute atomic E-state index is 0.0814. The van der Waals surface area contributed by atoms with E-state index in [9.17, 15) is 9.59 Å². The number of hydrogen-bond donors (Lipinski definition) is 3. The van der Waals surface area contributed by atoms with Gasteiger partial charge in [-0.3, -0.25) is 4.79 Å². The highest BCUT2D eigenvalue weighted by Crippen LogP contribution is 2.53. The van der Waals surface area contributed by atoms with Crippen molar-refractivity contribution in [1.29, 1.82) is 0 Å². The minimum atomic E-state index is -0.848. The molecular weight excluding hydrogens is 570 g/mol. The van der Waals surface area contributed by atoms with Crippen molar-refractivity contribution in [2.24, 2.45) is 0 Å². The number of hydrogen-bond acceptors (Lipinski definition) is 6. The molecule has 3 N–H and O–H groups in total. The van der Waals surface area contributed by atoms with E-state index in [4.69, 9.17) is 21.1 Å². The SMILES string of the molecule is COC(=O)N[C@H](C(=O)NCCCC1CNCC2(C[C@@H]2Sc2ccc(Cl)cc2C)O1)C(c1ccccc1)c1ccccc1. The quantitative estimate of drug-likeness (QED) is 0.243. The second kappa shape index (κ2) is 14.0. The number of methoxy groups -OCH3 is 1. The van der Waals surface area contributed by atoms with Crippen LogP contribution in [0, 0.1) is 6.92 Å². The van der Waals surface area contributed by atoms with Crippen molar-refractivity contribution < 1.29 is 19.1 Å². The van der Waals surface area contributed by atoms with E-state index in [1.807, 2.05) is 84.6 Å². The van der Waals surface area contributed by atoms with Crippen LogP contribution in [0.15, 0.2) is 83.8 Å². The standard InChI is InChI=1S/C33H38ClN3O4S/c1-22-18-25(34)15-16-27(22)42-28-19-33(28)21-35-20-26(41-33)14-9-17-36-31(38)30(37-32(39)40-2)29(23-10-5-3-6-11-23)24-12-7-4-8-13-24/h3-8,10-13,15-16,18,26,28-30,35H,9,14,17,19-21H2,1-2H3,(H,36,38)(H,37,39)/t26?,28-,30-,33?/m0/s1. The molecule has 42 heavy (non-hydrogen) atoms. The lowest BCUT2D eigenvalue weighted by Crippen LogP contribution is -2.51. The van der Waals surface area contributed by atoms with Crippen LogP contribution >= 0.6 is 23.4 Å². The Bertz CT molecular complexity index is 1320. The van der Waals surface area contributed by atoms with Crippen molar-refractivity contribution in [3.63, 3.8) is 0 Å². The largest absolute Gasteiger partial charge is 0.453 e. The molecule has 9 heteroatoms. The van der Waals surface area contributed by atoms with Gasteiger partial charge in [0, 0.05) is 40.7 Å². The number of rotatable bonds is 11. The van der Waals surface area contributed by atoms with Gasteiger partial charge in [0.2, 0.25) is 5.91 Å². The van der Waals surface area contributed by atoms with E-state index >= 15 is 0 Å². The zero-order valence-corrected chi connectivity index (χ0v) is 25.5. The summed E-state index contributed by atoms with van der Waals surface area (Å²) in [6.45, 7) is 4.21.